The van der Waals surface area contributed by atoms with Crippen molar-refractivity contribution in [1.82, 2.24) is 10.6 Å². The van der Waals surface area contributed by atoms with E-state index in [1.165, 1.54) is 0 Å². The monoisotopic (exact) mass is 320 g/mol. The third-order valence-corrected chi connectivity index (χ3v) is 4.28. The van der Waals surface area contributed by atoms with Crippen molar-refractivity contribution in [2.24, 2.45) is 0 Å². The molecule has 0 aliphatic carbocycles. The maximum absolute atomic E-state index is 12.0. The molecule has 0 spiro atoms. The van der Waals surface area contributed by atoms with E-state index in [1.54, 1.807) is 0 Å². The van der Waals surface area contributed by atoms with Crippen LogP contribution in [0.3, 0.4) is 0 Å². The first kappa shape index (κ1) is 17.6. The summed E-state index contributed by atoms with van der Waals surface area (Å²) in [7, 11) is 0. The van der Waals surface area contributed by atoms with Crippen LogP contribution in [0.25, 0.3) is 0 Å². The van der Waals surface area contributed by atoms with Crippen molar-refractivity contribution in [1.29, 1.82) is 0 Å². The lowest BCUT2D eigenvalue weighted by molar-refractivity contribution is -0.0611. The van der Waals surface area contributed by atoms with E-state index in [9.17, 15) is 9.90 Å². The van der Waals surface area contributed by atoms with Gasteiger partial charge in [-0.05, 0) is 63.6 Å². The van der Waals surface area contributed by atoms with Crippen LogP contribution < -0.4 is 10.6 Å². The zero-order valence-electron chi connectivity index (χ0n) is 14.5. The number of phenolic OH excluding ortho intramolecular Hbond substituents is 1. The maximum Gasteiger partial charge on any atom is 0.315 e. The van der Waals surface area contributed by atoms with Gasteiger partial charge in [-0.2, -0.15) is 0 Å². The number of carbonyl (C=O) groups is 1. The van der Waals surface area contributed by atoms with Crippen molar-refractivity contribution in [3.05, 3.63) is 28.8 Å². The molecule has 2 amide bonds. The Morgan fingerprint density at radius 3 is 2.61 bits per heavy atom. The number of hydrogen-bond acceptors (Lipinski definition) is 3. The fourth-order valence-corrected chi connectivity index (χ4v) is 3.10. The van der Waals surface area contributed by atoms with Crippen LogP contribution in [0.15, 0.2) is 12.1 Å². The normalized spacial score (nSPS) is 20.1. The highest BCUT2D eigenvalue weighted by Crippen LogP contribution is 2.24. The number of urea groups is 1. The predicted octanol–water partition coefficient (Wildman–Crippen LogP) is 2.81. The summed E-state index contributed by atoms with van der Waals surface area (Å²) < 4.78 is 5.66. The van der Waals surface area contributed by atoms with E-state index in [0.717, 1.165) is 36.0 Å². The molecule has 0 radical (unpaired) electrons. The molecule has 1 atom stereocenters. The van der Waals surface area contributed by atoms with Crippen LogP contribution in [0.2, 0.25) is 0 Å². The molecule has 128 valence electrons. The lowest BCUT2D eigenvalue weighted by atomic mass is 9.94. The van der Waals surface area contributed by atoms with Gasteiger partial charge in [0.15, 0.2) is 0 Å². The van der Waals surface area contributed by atoms with Gasteiger partial charge in [-0.15, -0.1) is 0 Å². The van der Waals surface area contributed by atoms with Crippen LogP contribution in [0.1, 0.15) is 43.4 Å². The average molecular weight is 320 g/mol. The number of amides is 2. The van der Waals surface area contributed by atoms with Gasteiger partial charge in [0.2, 0.25) is 0 Å². The smallest absolute Gasteiger partial charge is 0.315 e. The highest BCUT2D eigenvalue weighted by Gasteiger charge is 2.29. The highest BCUT2D eigenvalue weighted by atomic mass is 16.5. The molecule has 5 heteroatoms. The molecule has 1 fully saturated rings. The Morgan fingerprint density at radius 1 is 1.35 bits per heavy atom. The summed E-state index contributed by atoms with van der Waals surface area (Å²) in [6, 6.07) is 3.96. The minimum atomic E-state index is -0.169. The number of phenols is 1. The first-order valence-electron chi connectivity index (χ1n) is 8.24. The van der Waals surface area contributed by atoms with E-state index in [0.29, 0.717) is 18.9 Å². The number of ether oxygens (including phenoxy) is 1. The van der Waals surface area contributed by atoms with Crippen molar-refractivity contribution in [3.63, 3.8) is 0 Å². The van der Waals surface area contributed by atoms with Crippen molar-refractivity contribution in [2.45, 2.75) is 58.6 Å². The van der Waals surface area contributed by atoms with Gasteiger partial charge < -0.3 is 20.5 Å². The SMILES string of the molecule is Cc1cc(CCNC(=O)NC2CCOC(C)(C)C2)cc(C)c1O. The molecule has 3 N–H and O–H groups in total. The van der Waals surface area contributed by atoms with Gasteiger partial charge in [-0.1, -0.05) is 12.1 Å². The van der Waals surface area contributed by atoms with Gasteiger partial charge in [0.1, 0.15) is 5.75 Å². The first-order valence-corrected chi connectivity index (χ1v) is 8.24. The zero-order chi connectivity index (χ0) is 17.0. The Bertz CT molecular complexity index is 546. The minimum Gasteiger partial charge on any atom is -0.507 e. The minimum absolute atomic E-state index is 0.125. The molecule has 0 saturated carbocycles. The summed E-state index contributed by atoms with van der Waals surface area (Å²) in [4.78, 5) is 12.0. The zero-order valence-corrected chi connectivity index (χ0v) is 14.5. The van der Waals surface area contributed by atoms with Crippen LogP contribution in [0.5, 0.6) is 5.75 Å². The molecule has 1 aromatic carbocycles. The van der Waals surface area contributed by atoms with Crippen molar-refractivity contribution in [3.8, 4) is 5.75 Å². The summed E-state index contributed by atoms with van der Waals surface area (Å²) in [5, 5.41) is 15.7. The number of rotatable bonds is 4. The van der Waals surface area contributed by atoms with E-state index in [2.05, 4.69) is 10.6 Å². The number of hydrogen-bond donors (Lipinski definition) is 3. The van der Waals surface area contributed by atoms with Crippen molar-refractivity contribution >= 4 is 6.03 Å². The first-order chi connectivity index (χ1) is 10.8. The van der Waals surface area contributed by atoms with Gasteiger partial charge in [0, 0.05) is 19.2 Å². The number of aromatic hydroxyl groups is 1. The van der Waals surface area contributed by atoms with Gasteiger partial charge in [-0.25, -0.2) is 4.79 Å². The van der Waals surface area contributed by atoms with Gasteiger partial charge in [0.05, 0.1) is 5.60 Å². The molecule has 23 heavy (non-hydrogen) atoms. The largest absolute Gasteiger partial charge is 0.507 e. The van der Waals surface area contributed by atoms with Crippen LogP contribution in [-0.2, 0) is 11.2 Å². The third-order valence-electron chi connectivity index (χ3n) is 4.28. The summed E-state index contributed by atoms with van der Waals surface area (Å²) in [6.45, 7) is 9.13. The Labute approximate surface area is 138 Å². The predicted molar refractivity (Wildman–Crippen MR) is 90.9 cm³/mol. The summed E-state index contributed by atoms with van der Waals surface area (Å²) >= 11 is 0. The van der Waals surface area contributed by atoms with Gasteiger partial charge in [-0.3, -0.25) is 0 Å². The van der Waals surface area contributed by atoms with E-state index in [-0.39, 0.29) is 17.7 Å². The number of nitrogens with one attached hydrogen (secondary N) is 2. The van der Waals surface area contributed by atoms with Crippen molar-refractivity contribution < 1.29 is 14.6 Å². The Hall–Kier alpha value is -1.75. The molecular weight excluding hydrogens is 292 g/mol. The Morgan fingerprint density at radius 2 is 2.00 bits per heavy atom. The Balaban J connectivity index is 1.77. The summed E-state index contributed by atoms with van der Waals surface area (Å²) in [5.41, 5.74) is 2.69. The van der Waals surface area contributed by atoms with Crippen LogP contribution in [0, 0.1) is 13.8 Å². The average Bonchev–Trinajstić information content (AvgIpc) is 2.43. The molecule has 2 rings (SSSR count). The lowest BCUT2D eigenvalue weighted by Gasteiger charge is -2.35. The molecule has 5 nitrogen and oxygen atoms in total. The molecular formula is C18H28N2O3. The molecule has 0 bridgehead atoms. The molecule has 0 aromatic heterocycles. The van der Waals surface area contributed by atoms with Crippen LogP contribution in [-0.4, -0.2) is 35.9 Å². The van der Waals surface area contributed by atoms with Crippen molar-refractivity contribution in [2.75, 3.05) is 13.2 Å². The summed E-state index contributed by atoms with van der Waals surface area (Å²) in [5.74, 6) is 0.349. The fraction of sp³-hybridized carbons (Fsp3) is 0.611. The van der Waals surface area contributed by atoms with E-state index >= 15 is 0 Å². The lowest BCUT2D eigenvalue weighted by Crippen LogP contribution is -2.49. The second-order valence-corrected chi connectivity index (χ2v) is 7.03. The molecule has 1 saturated heterocycles. The van der Waals surface area contributed by atoms with E-state index in [4.69, 9.17) is 4.74 Å². The quantitative estimate of drug-likeness (QED) is 0.799. The maximum atomic E-state index is 12.0. The van der Waals surface area contributed by atoms with Gasteiger partial charge in [0.25, 0.3) is 0 Å². The van der Waals surface area contributed by atoms with E-state index < -0.39 is 0 Å². The number of carbonyl (C=O) groups excluding carboxylic acids is 1. The van der Waals surface area contributed by atoms with E-state index in [1.807, 2.05) is 39.8 Å². The standard InChI is InChI=1S/C18H28N2O3/c1-12-9-14(10-13(2)16(12)21)5-7-19-17(22)20-15-6-8-23-18(3,4)11-15/h9-10,15,21H,5-8,11H2,1-4H3,(H2,19,20,22). The van der Waals surface area contributed by atoms with Crippen LogP contribution in [0.4, 0.5) is 4.79 Å². The Kier molecular flexibility index (Phi) is 5.52. The summed E-state index contributed by atoms with van der Waals surface area (Å²) in [6.07, 6.45) is 2.43. The second kappa shape index (κ2) is 7.21. The van der Waals surface area contributed by atoms with Crippen LogP contribution >= 0.6 is 0 Å². The molecule has 1 heterocycles. The second-order valence-electron chi connectivity index (χ2n) is 7.03. The third kappa shape index (κ3) is 5.13. The molecule has 1 aliphatic rings. The highest BCUT2D eigenvalue weighted by molar-refractivity contribution is 5.74. The molecule has 1 aromatic rings. The topological polar surface area (TPSA) is 70.6 Å². The van der Waals surface area contributed by atoms with Gasteiger partial charge >= 0.3 is 6.03 Å². The number of aryl methyl sites for hydroxylation is 2. The fourth-order valence-electron chi connectivity index (χ4n) is 3.10. The molecule has 1 unspecified atom stereocenters. The number of benzene rings is 1. The molecule has 1 aliphatic heterocycles.